The van der Waals surface area contributed by atoms with Crippen molar-refractivity contribution in [1.29, 1.82) is 0 Å². The first-order valence-electron chi connectivity index (χ1n) is 6.81. The van der Waals surface area contributed by atoms with E-state index in [0.717, 1.165) is 5.56 Å². The Labute approximate surface area is 120 Å². The Morgan fingerprint density at radius 3 is 2.55 bits per heavy atom. The molecule has 0 spiro atoms. The first-order chi connectivity index (χ1) is 9.47. The summed E-state index contributed by atoms with van der Waals surface area (Å²) in [4.78, 5) is 0.349. The molecule has 0 radical (unpaired) electrons. The lowest BCUT2D eigenvalue weighted by Gasteiger charge is -2.34. The molecule has 2 rings (SSSR count). The molecule has 0 unspecified atom stereocenters. The van der Waals surface area contributed by atoms with E-state index in [4.69, 9.17) is 4.74 Å². The maximum atomic E-state index is 12.6. The van der Waals surface area contributed by atoms with E-state index in [-0.39, 0.29) is 0 Å². The normalized spacial score (nSPS) is 18.9. The minimum atomic E-state index is -3.52. The summed E-state index contributed by atoms with van der Waals surface area (Å²) in [5, 5.41) is 3.00. The van der Waals surface area contributed by atoms with E-state index in [1.54, 1.807) is 19.2 Å². The van der Waals surface area contributed by atoms with Gasteiger partial charge >= 0.3 is 0 Å². The average Bonchev–Trinajstić information content (AvgIpc) is 2.39. The monoisotopic (exact) mass is 298 g/mol. The second-order valence-corrected chi connectivity index (χ2v) is 7.07. The van der Waals surface area contributed by atoms with E-state index in [2.05, 4.69) is 10.0 Å². The number of hydrogen-bond acceptors (Lipinski definition) is 4. The van der Waals surface area contributed by atoms with Crippen LogP contribution < -0.4 is 10.0 Å². The number of hydrogen-bond donors (Lipinski definition) is 2. The molecule has 0 aromatic heterocycles. The standard InChI is InChI=1S/C14H22N2O3S/c1-14(7-9-19-10-8-14)16-20(17,18)13-6-4-3-5-12(13)11-15-2/h3-6,15-16H,7-11H2,1-2H3. The van der Waals surface area contributed by atoms with Crippen molar-refractivity contribution in [2.24, 2.45) is 0 Å². The zero-order chi connectivity index (χ0) is 14.6. The third-order valence-electron chi connectivity index (χ3n) is 3.61. The lowest BCUT2D eigenvalue weighted by Crippen LogP contribution is -2.49. The number of sulfonamides is 1. The van der Waals surface area contributed by atoms with Crippen LogP contribution in [-0.4, -0.2) is 34.2 Å². The minimum Gasteiger partial charge on any atom is -0.381 e. The lowest BCUT2D eigenvalue weighted by molar-refractivity contribution is 0.0537. The van der Waals surface area contributed by atoms with Gasteiger partial charge in [0.15, 0.2) is 0 Å². The quantitative estimate of drug-likeness (QED) is 0.858. The van der Waals surface area contributed by atoms with Gasteiger partial charge in [0.2, 0.25) is 10.0 Å². The van der Waals surface area contributed by atoms with Gasteiger partial charge in [-0.05, 0) is 38.4 Å². The van der Waals surface area contributed by atoms with E-state index in [1.165, 1.54) is 0 Å². The molecule has 2 N–H and O–H groups in total. The van der Waals surface area contributed by atoms with Crippen molar-refractivity contribution >= 4 is 10.0 Å². The molecule has 20 heavy (non-hydrogen) atoms. The lowest BCUT2D eigenvalue weighted by atomic mass is 9.94. The predicted octanol–water partition coefficient (Wildman–Crippen LogP) is 1.25. The van der Waals surface area contributed by atoms with E-state index >= 15 is 0 Å². The fraction of sp³-hybridized carbons (Fsp3) is 0.571. The van der Waals surface area contributed by atoms with Gasteiger partial charge in [0, 0.05) is 25.3 Å². The van der Waals surface area contributed by atoms with Crippen LogP contribution in [0.15, 0.2) is 29.2 Å². The summed E-state index contributed by atoms with van der Waals surface area (Å²) >= 11 is 0. The summed E-state index contributed by atoms with van der Waals surface area (Å²) in [7, 11) is -1.71. The van der Waals surface area contributed by atoms with Crippen molar-refractivity contribution in [1.82, 2.24) is 10.0 Å². The minimum absolute atomic E-state index is 0.349. The Morgan fingerprint density at radius 1 is 1.25 bits per heavy atom. The summed E-state index contributed by atoms with van der Waals surface area (Å²) < 4.78 is 33.4. The number of rotatable bonds is 5. The van der Waals surface area contributed by atoms with Crippen molar-refractivity contribution < 1.29 is 13.2 Å². The fourth-order valence-corrected chi connectivity index (χ4v) is 4.11. The number of nitrogens with one attached hydrogen (secondary N) is 2. The summed E-state index contributed by atoms with van der Waals surface area (Å²) in [5.74, 6) is 0. The van der Waals surface area contributed by atoms with Crippen molar-refractivity contribution in [3.8, 4) is 0 Å². The largest absolute Gasteiger partial charge is 0.381 e. The second-order valence-electron chi connectivity index (χ2n) is 5.42. The molecule has 0 amide bonds. The van der Waals surface area contributed by atoms with Crippen LogP contribution in [0, 0.1) is 0 Å². The highest BCUT2D eigenvalue weighted by molar-refractivity contribution is 7.89. The van der Waals surface area contributed by atoms with Crippen LogP contribution in [-0.2, 0) is 21.3 Å². The first-order valence-corrected chi connectivity index (χ1v) is 8.29. The van der Waals surface area contributed by atoms with E-state index in [1.807, 2.05) is 19.1 Å². The van der Waals surface area contributed by atoms with E-state index in [0.29, 0.717) is 37.5 Å². The van der Waals surface area contributed by atoms with Gasteiger partial charge in [0.25, 0.3) is 0 Å². The Hall–Kier alpha value is -0.950. The van der Waals surface area contributed by atoms with Gasteiger partial charge in [0.1, 0.15) is 0 Å². The molecule has 0 aliphatic carbocycles. The maximum Gasteiger partial charge on any atom is 0.241 e. The zero-order valence-electron chi connectivity index (χ0n) is 12.0. The molecule has 0 bridgehead atoms. The van der Waals surface area contributed by atoms with Crippen LogP contribution in [0.5, 0.6) is 0 Å². The van der Waals surface area contributed by atoms with E-state index in [9.17, 15) is 8.42 Å². The molecule has 0 atom stereocenters. The molecule has 1 heterocycles. The highest BCUT2D eigenvalue weighted by Crippen LogP contribution is 2.24. The molecule has 0 saturated carbocycles. The van der Waals surface area contributed by atoms with Gasteiger partial charge in [0.05, 0.1) is 4.90 Å². The van der Waals surface area contributed by atoms with Crippen LogP contribution in [0.1, 0.15) is 25.3 Å². The van der Waals surface area contributed by atoms with Gasteiger partial charge in [-0.15, -0.1) is 0 Å². The van der Waals surface area contributed by atoms with Crippen molar-refractivity contribution in [3.05, 3.63) is 29.8 Å². The summed E-state index contributed by atoms with van der Waals surface area (Å²) in [6.45, 7) is 3.65. The highest BCUT2D eigenvalue weighted by Gasteiger charge is 2.33. The molecule has 1 aromatic carbocycles. The Kier molecular flexibility index (Phi) is 4.80. The van der Waals surface area contributed by atoms with Crippen LogP contribution in [0.25, 0.3) is 0 Å². The van der Waals surface area contributed by atoms with Gasteiger partial charge in [-0.1, -0.05) is 18.2 Å². The Morgan fingerprint density at radius 2 is 1.90 bits per heavy atom. The third kappa shape index (κ3) is 3.58. The maximum absolute atomic E-state index is 12.6. The van der Waals surface area contributed by atoms with Crippen molar-refractivity contribution in [2.45, 2.75) is 36.7 Å². The van der Waals surface area contributed by atoms with Gasteiger partial charge < -0.3 is 10.1 Å². The van der Waals surface area contributed by atoms with Gasteiger partial charge in [-0.25, -0.2) is 13.1 Å². The number of benzene rings is 1. The third-order valence-corrected chi connectivity index (χ3v) is 5.35. The molecule has 1 aliphatic rings. The summed E-state index contributed by atoms with van der Waals surface area (Å²) in [5.41, 5.74) is 0.349. The van der Waals surface area contributed by atoms with Crippen LogP contribution in [0.4, 0.5) is 0 Å². The predicted molar refractivity (Wildman–Crippen MR) is 78.0 cm³/mol. The summed E-state index contributed by atoms with van der Waals surface area (Å²) in [6.07, 6.45) is 1.39. The Bertz CT molecular complexity index is 551. The molecular formula is C14H22N2O3S. The molecule has 5 nitrogen and oxygen atoms in total. The van der Waals surface area contributed by atoms with Gasteiger partial charge in [-0.3, -0.25) is 0 Å². The van der Waals surface area contributed by atoms with Crippen LogP contribution >= 0.6 is 0 Å². The molecule has 112 valence electrons. The Balaban J connectivity index is 2.26. The number of ether oxygens (including phenoxy) is 1. The zero-order valence-corrected chi connectivity index (χ0v) is 12.8. The molecule has 6 heteroatoms. The van der Waals surface area contributed by atoms with Crippen molar-refractivity contribution in [2.75, 3.05) is 20.3 Å². The van der Waals surface area contributed by atoms with Crippen LogP contribution in [0.2, 0.25) is 0 Å². The van der Waals surface area contributed by atoms with E-state index < -0.39 is 15.6 Å². The molecule has 1 aliphatic heterocycles. The molecule has 1 saturated heterocycles. The second kappa shape index (κ2) is 6.22. The topological polar surface area (TPSA) is 67.4 Å². The molecule has 1 fully saturated rings. The molecular weight excluding hydrogens is 276 g/mol. The smallest absolute Gasteiger partial charge is 0.241 e. The van der Waals surface area contributed by atoms with Crippen LogP contribution in [0.3, 0.4) is 0 Å². The van der Waals surface area contributed by atoms with Crippen molar-refractivity contribution in [3.63, 3.8) is 0 Å². The first kappa shape index (κ1) is 15.4. The summed E-state index contributed by atoms with van der Waals surface area (Å²) in [6, 6.07) is 7.08. The molecule has 1 aromatic rings. The van der Waals surface area contributed by atoms with Gasteiger partial charge in [-0.2, -0.15) is 0 Å². The fourth-order valence-electron chi connectivity index (χ4n) is 2.41. The SMILES string of the molecule is CNCc1ccccc1S(=O)(=O)NC1(C)CCOCC1. The average molecular weight is 298 g/mol. The highest BCUT2D eigenvalue weighted by atomic mass is 32.2.